The summed E-state index contributed by atoms with van der Waals surface area (Å²) in [6, 6.07) is 1.76. The van der Waals surface area contributed by atoms with Crippen LogP contribution in [-0.2, 0) is 11.8 Å². The second-order valence-electron chi connectivity index (χ2n) is 3.43. The van der Waals surface area contributed by atoms with E-state index in [0.717, 1.165) is 5.71 Å². The molecule has 1 aromatic heterocycles. The van der Waals surface area contributed by atoms with Gasteiger partial charge >= 0.3 is 0 Å². The van der Waals surface area contributed by atoms with Crippen molar-refractivity contribution in [2.45, 2.75) is 12.8 Å². The third-order valence-corrected chi connectivity index (χ3v) is 2.18. The van der Waals surface area contributed by atoms with E-state index < -0.39 is 0 Å². The topological polar surface area (TPSA) is 76.5 Å². The maximum absolute atomic E-state index is 11.6. The Morgan fingerprint density at radius 1 is 1.60 bits per heavy atom. The molecule has 0 atom stereocenters. The third-order valence-electron chi connectivity index (χ3n) is 2.18. The lowest BCUT2D eigenvalue weighted by Gasteiger charge is -2.06. The second kappa shape index (κ2) is 3.82. The van der Waals surface area contributed by atoms with Crippen LogP contribution in [0.4, 0.5) is 5.82 Å². The average molecular weight is 207 g/mol. The summed E-state index contributed by atoms with van der Waals surface area (Å²) in [6.45, 7) is 0.516. The number of carbonyl (C=O) groups excluding carboxylic acids is 1. The van der Waals surface area contributed by atoms with Crippen LogP contribution in [0.25, 0.3) is 0 Å². The number of aryl methyl sites for hydroxylation is 1. The first kappa shape index (κ1) is 9.85. The van der Waals surface area contributed by atoms with Crippen LogP contribution < -0.4 is 10.7 Å². The molecule has 0 fully saturated rings. The van der Waals surface area contributed by atoms with Crippen LogP contribution in [0.2, 0.25) is 0 Å². The summed E-state index contributed by atoms with van der Waals surface area (Å²) in [7, 11) is 1.80. The van der Waals surface area contributed by atoms with E-state index in [2.05, 4.69) is 10.2 Å². The molecule has 0 saturated carbocycles. The Labute approximate surface area is 87.3 Å². The number of amides is 1. The fourth-order valence-electron chi connectivity index (χ4n) is 1.48. The van der Waals surface area contributed by atoms with Crippen molar-refractivity contribution in [3.8, 4) is 0 Å². The van der Waals surface area contributed by atoms with Gasteiger partial charge in [-0.1, -0.05) is 0 Å². The number of nitrogens with zero attached hydrogens (tertiary/aromatic N) is 4. The van der Waals surface area contributed by atoms with E-state index in [1.807, 2.05) is 0 Å². The van der Waals surface area contributed by atoms with Gasteiger partial charge < -0.3 is 5.73 Å². The maximum Gasteiger partial charge on any atom is 0.254 e. The van der Waals surface area contributed by atoms with Crippen LogP contribution in [-0.4, -0.2) is 27.9 Å². The molecule has 0 spiro atoms. The highest BCUT2D eigenvalue weighted by molar-refractivity contribution is 6.12. The van der Waals surface area contributed by atoms with Crippen LogP contribution in [0.5, 0.6) is 0 Å². The predicted octanol–water partition coefficient (Wildman–Crippen LogP) is -0.138. The highest BCUT2D eigenvalue weighted by Crippen LogP contribution is 2.18. The Hall–Kier alpha value is -1.69. The number of aromatic nitrogens is 2. The normalized spacial score (nSPS) is 16.0. The summed E-state index contributed by atoms with van der Waals surface area (Å²) < 4.78 is 1.64. The second-order valence-corrected chi connectivity index (χ2v) is 3.43. The largest absolute Gasteiger partial charge is 0.330 e. The summed E-state index contributed by atoms with van der Waals surface area (Å²) in [6.07, 6.45) is 2.79. The summed E-state index contributed by atoms with van der Waals surface area (Å²) >= 11 is 0. The number of hydrazone groups is 1. The lowest BCUT2D eigenvalue weighted by atomic mass is 10.2. The van der Waals surface area contributed by atoms with Crippen molar-refractivity contribution in [1.82, 2.24) is 9.78 Å². The van der Waals surface area contributed by atoms with Gasteiger partial charge in [0, 0.05) is 31.4 Å². The summed E-state index contributed by atoms with van der Waals surface area (Å²) in [5.41, 5.74) is 6.24. The minimum Gasteiger partial charge on any atom is -0.330 e. The molecule has 2 rings (SSSR count). The highest BCUT2D eigenvalue weighted by atomic mass is 16.2. The molecule has 0 saturated heterocycles. The Morgan fingerprint density at radius 3 is 3.00 bits per heavy atom. The molecule has 6 nitrogen and oxygen atoms in total. The number of nitrogens with two attached hydrogens (primary N) is 1. The number of rotatable bonds is 3. The van der Waals surface area contributed by atoms with E-state index in [0.29, 0.717) is 25.2 Å². The summed E-state index contributed by atoms with van der Waals surface area (Å²) in [5, 5.41) is 9.65. The van der Waals surface area contributed by atoms with Crippen LogP contribution in [0.3, 0.4) is 0 Å². The van der Waals surface area contributed by atoms with Gasteiger partial charge in [-0.25, -0.2) is 0 Å². The Morgan fingerprint density at radius 2 is 2.40 bits per heavy atom. The van der Waals surface area contributed by atoms with Gasteiger partial charge in [-0.3, -0.25) is 9.48 Å². The van der Waals surface area contributed by atoms with Crippen molar-refractivity contribution in [1.29, 1.82) is 0 Å². The number of hydrogen-bond acceptors (Lipinski definition) is 4. The van der Waals surface area contributed by atoms with Gasteiger partial charge in [-0.05, 0) is 6.54 Å². The van der Waals surface area contributed by atoms with Crippen molar-refractivity contribution in [2.75, 3.05) is 11.6 Å². The van der Waals surface area contributed by atoms with Gasteiger partial charge in [0.2, 0.25) is 0 Å². The molecule has 1 amide bonds. The minimum absolute atomic E-state index is 0.0443. The first-order valence-electron chi connectivity index (χ1n) is 4.79. The van der Waals surface area contributed by atoms with Gasteiger partial charge in [-0.2, -0.15) is 15.2 Å². The monoisotopic (exact) mass is 207 g/mol. The van der Waals surface area contributed by atoms with E-state index in [-0.39, 0.29) is 5.91 Å². The molecule has 0 bridgehead atoms. The molecule has 0 radical (unpaired) electrons. The van der Waals surface area contributed by atoms with E-state index >= 15 is 0 Å². The first-order chi connectivity index (χ1) is 7.20. The SMILES string of the molecule is Cn1ccc(N2N=C(CCN)CC2=O)n1. The number of hydrogen-bond donors (Lipinski definition) is 1. The van der Waals surface area contributed by atoms with Crippen molar-refractivity contribution in [3.05, 3.63) is 12.3 Å². The Balaban J connectivity index is 2.19. The predicted molar refractivity (Wildman–Crippen MR) is 56.4 cm³/mol. The van der Waals surface area contributed by atoms with E-state index in [9.17, 15) is 4.79 Å². The maximum atomic E-state index is 11.6. The van der Waals surface area contributed by atoms with Crippen molar-refractivity contribution >= 4 is 17.4 Å². The average Bonchev–Trinajstić information content (AvgIpc) is 2.73. The Kier molecular flexibility index (Phi) is 2.51. The van der Waals surface area contributed by atoms with Crippen LogP contribution >= 0.6 is 0 Å². The molecule has 6 heteroatoms. The minimum atomic E-state index is -0.0443. The molecule has 0 aliphatic carbocycles. The van der Waals surface area contributed by atoms with Gasteiger partial charge in [-0.15, -0.1) is 0 Å². The quantitative estimate of drug-likeness (QED) is 0.749. The molecule has 2 N–H and O–H groups in total. The van der Waals surface area contributed by atoms with Gasteiger partial charge in [0.15, 0.2) is 5.82 Å². The molecule has 0 unspecified atom stereocenters. The lowest BCUT2D eigenvalue weighted by molar-refractivity contribution is -0.116. The molecule has 1 aliphatic heterocycles. The van der Waals surface area contributed by atoms with Gasteiger partial charge in [0.25, 0.3) is 5.91 Å². The lowest BCUT2D eigenvalue weighted by Crippen LogP contribution is -2.20. The number of anilines is 1. The fraction of sp³-hybridized carbons (Fsp3) is 0.444. The third kappa shape index (κ3) is 1.89. The zero-order valence-electron chi connectivity index (χ0n) is 8.55. The van der Waals surface area contributed by atoms with Crippen LogP contribution in [0, 0.1) is 0 Å². The van der Waals surface area contributed by atoms with Crippen LogP contribution in [0.15, 0.2) is 17.4 Å². The van der Waals surface area contributed by atoms with E-state index in [1.165, 1.54) is 5.01 Å². The highest BCUT2D eigenvalue weighted by Gasteiger charge is 2.25. The molecule has 1 aromatic rings. The molecule has 2 heterocycles. The first-order valence-corrected chi connectivity index (χ1v) is 4.79. The van der Waals surface area contributed by atoms with E-state index in [4.69, 9.17) is 5.73 Å². The molecule has 80 valence electrons. The van der Waals surface area contributed by atoms with E-state index in [1.54, 1.807) is 24.0 Å². The van der Waals surface area contributed by atoms with Gasteiger partial charge in [0.1, 0.15) is 0 Å². The fourth-order valence-corrected chi connectivity index (χ4v) is 1.48. The van der Waals surface area contributed by atoms with Crippen molar-refractivity contribution in [3.63, 3.8) is 0 Å². The number of carbonyl (C=O) groups is 1. The van der Waals surface area contributed by atoms with Gasteiger partial charge in [0.05, 0.1) is 6.42 Å². The molecule has 15 heavy (non-hydrogen) atoms. The summed E-state index contributed by atoms with van der Waals surface area (Å²) in [4.78, 5) is 11.6. The molecular formula is C9H13N5O. The van der Waals surface area contributed by atoms with Crippen LogP contribution in [0.1, 0.15) is 12.8 Å². The Bertz CT molecular complexity index is 408. The molecule has 1 aliphatic rings. The zero-order valence-corrected chi connectivity index (χ0v) is 8.55. The molecular weight excluding hydrogens is 194 g/mol. The van der Waals surface area contributed by atoms with Crippen molar-refractivity contribution in [2.24, 2.45) is 17.9 Å². The zero-order chi connectivity index (χ0) is 10.8. The standard InChI is InChI=1S/C9H13N5O/c1-13-5-3-8(12-13)14-9(15)6-7(11-14)2-4-10/h3,5H,2,4,6,10H2,1H3. The van der Waals surface area contributed by atoms with Crippen molar-refractivity contribution < 1.29 is 4.79 Å². The molecule has 0 aromatic carbocycles. The summed E-state index contributed by atoms with van der Waals surface area (Å²) in [5.74, 6) is 0.520. The smallest absolute Gasteiger partial charge is 0.254 e.